The number of benzene rings is 1. The molecular weight excluding hydrogens is 295 g/mol. The number of rotatable bonds is 9. The van der Waals surface area contributed by atoms with Crippen LogP contribution in [0.25, 0.3) is 0 Å². The van der Waals surface area contributed by atoms with E-state index in [1.165, 1.54) is 50.5 Å². The molecule has 1 aromatic carbocycles. The summed E-state index contributed by atoms with van der Waals surface area (Å²) >= 11 is 0. The second-order valence-electron chi connectivity index (χ2n) is 6.98. The average Bonchev–Trinajstić information content (AvgIpc) is 2.50. The molecule has 0 N–H and O–H groups in total. The Hall–Kier alpha value is -0.350. The van der Waals surface area contributed by atoms with Gasteiger partial charge in [0.2, 0.25) is 0 Å². The van der Waals surface area contributed by atoms with Gasteiger partial charge in [-0.1, -0.05) is 79.4 Å². The van der Waals surface area contributed by atoms with E-state index >= 15 is 0 Å². The molecule has 2 unspecified atom stereocenters. The maximum absolute atomic E-state index is 2.94. The molecule has 0 aliphatic carbocycles. The predicted octanol–water partition coefficient (Wildman–Crippen LogP) is 7.46. The fraction of sp³-hybridized carbons (Fsp3) is 0.727. The van der Waals surface area contributed by atoms with Crippen LogP contribution >= 0.6 is 9.24 Å². The lowest BCUT2D eigenvalue weighted by Gasteiger charge is -2.18. The van der Waals surface area contributed by atoms with E-state index in [2.05, 4.69) is 56.0 Å². The third-order valence-electron chi connectivity index (χ3n) is 4.31. The van der Waals surface area contributed by atoms with E-state index in [0.717, 1.165) is 0 Å². The van der Waals surface area contributed by atoms with Crippen LogP contribution in [0.1, 0.15) is 102 Å². The number of hydrogen-bond donors (Lipinski definition) is 0. The lowest BCUT2D eigenvalue weighted by Crippen LogP contribution is -2.05. The van der Waals surface area contributed by atoms with Crippen LogP contribution in [0.2, 0.25) is 0 Å². The van der Waals surface area contributed by atoms with Crippen LogP contribution < -0.4 is 0 Å². The third kappa shape index (κ3) is 8.90. The fourth-order valence-corrected chi connectivity index (χ4v) is 3.34. The minimum absolute atomic E-state index is 0.628. The van der Waals surface area contributed by atoms with Crippen LogP contribution in [0.3, 0.4) is 0 Å². The van der Waals surface area contributed by atoms with Crippen molar-refractivity contribution in [2.45, 2.75) is 105 Å². The van der Waals surface area contributed by atoms with Gasteiger partial charge in [0.15, 0.2) is 0 Å². The highest BCUT2D eigenvalue weighted by Crippen LogP contribution is 2.27. The first kappa shape index (κ1) is 22.6. The number of hydrogen-bond acceptors (Lipinski definition) is 0. The molecule has 0 amide bonds. The molecular formula is C22H41P. The van der Waals surface area contributed by atoms with Crippen molar-refractivity contribution in [3.05, 3.63) is 34.4 Å². The first-order valence-electron chi connectivity index (χ1n) is 9.83. The Kier molecular flexibility index (Phi) is 12.8. The SMILES string of the molecule is CC.CCCCCCCc1cc(C(C)C)c(CC(C)P)cc1C. The molecule has 0 spiro atoms. The molecule has 0 heterocycles. The van der Waals surface area contributed by atoms with Crippen LogP contribution in [-0.2, 0) is 12.8 Å². The number of aryl methyl sites for hydroxylation is 2. The quantitative estimate of drug-likeness (QED) is 0.324. The Morgan fingerprint density at radius 1 is 0.913 bits per heavy atom. The van der Waals surface area contributed by atoms with E-state index < -0.39 is 0 Å². The highest BCUT2D eigenvalue weighted by Gasteiger charge is 2.11. The highest BCUT2D eigenvalue weighted by molar-refractivity contribution is 7.17. The molecule has 0 aliphatic rings. The van der Waals surface area contributed by atoms with Gasteiger partial charge in [0.05, 0.1) is 0 Å². The standard InChI is InChI=1S/C20H35P.C2H6/c1-6-7-8-9-10-11-18-14-20(15(2)3)19(12-16(18)4)13-17(5)21;1-2/h12,14-15,17H,6-11,13,21H2,1-5H3;1-2H3. The van der Waals surface area contributed by atoms with Crippen molar-refractivity contribution in [2.75, 3.05) is 0 Å². The smallest absolute Gasteiger partial charge is 0.0215 e. The van der Waals surface area contributed by atoms with Gasteiger partial charge in [0.25, 0.3) is 0 Å². The monoisotopic (exact) mass is 336 g/mol. The maximum atomic E-state index is 2.94. The average molecular weight is 337 g/mol. The second kappa shape index (κ2) is 13.0. The maximum Gasteiger partial charge on any atom is -0.0215 e. The van der Waals surface area contributed by atoms with E-state index in [1.54, 1.807) is 16.7 Å². The molecule has 0 radical (unpaired) electrons. The first-order valence-corrected chi connectivity index (χ1v) is 10.5. The van der Waals surface area contributed by atoms with Gasteiger partial charge < -0.3 is 0 Å². The van der Waals surface area contributed by atoms with Crippen molar-refractivity contribution in [2.24, 2.45) is 0 Å². The molecule has 0 bridgehead atoms. The topological polar surface area (TPSA) is 0 Å². The summed E-state index contributed by atoms with van der Waals surface area (Å²) in [5.74, 6) is 0.628. The van der Waals surface area contributed by atoms with Crippen molar-refractivity contribution >= 4 is 9.24 Å². The van der Waals surface area contributed by atoms with Crippen molar-refractivity contribution in [3.63, 3.8) is 0 Å². The summed E-state index contributed by atoms with van der Waals surface area (Å²) in [4.78, 5) is 0. The first-order chi connectivity index (χ1) is 11.0. The van der Waals surface area contributed by atoms with Gasteiger partial charge in [-0.25, -0.2) is 0 Å². The van der Waals surface area contributed by atoms with Crippen molar-refractivity contribution < 1.29 is 0 Å². The summed E-state index contributed by atoms with van der Waals surface area (Å²) in [5, 5.41) is 0. The van der Waals surface area contributed by atoms with Gasteiger partial charge in [-0.05, 0) is 60.0 Å². The Morgan fingerprint density at radius 2 is 1.52 bits per heavy atom. The van der Waals surface area contributed by atoms with Gasteiger partial charge >= 0.3 is 0 Å². The third-order valence-corrected chi connectivity index (χ3v) is 4.55. The molecule has 0 saturated heterocycles. The minimum Gasteiger partial charge on any atom is -0.134 e. The molecule has 0 saturated carbocycles. The number of unbranched alkanes of at least 4 members (excludes halogenated alkanes) is 4. The summed E-state index contributed by atoms with van der Waals surface area (Å²) in [6.07, 6.45) is 9.28. The minimum atomic E-state index is 0.628. The Morgan fingerprint density at radius 3 is 2.04 bits per heavy atom. The van der Waals surface area contributed by atoms with Crippen molar-refractivity contribution in [3.8, 4) is 0 Å². The molecule has 0 aliphatic heterocycles. The van der Waals surface area contributed by atoms with Crippen LogP contribution in [0, 0.1) is 6.92 Å². The van der Waals surface area contributed by atoms with Crippen LogP contribution in [0.4, 0.5) is 0 Å². The lowest BCUT2D eigenvalue weighted by molar-refractivity contribution is 0.631. The van der Waals surface area contributed by atoms with Gasteiger partial charge in [0.1, 0.15) is 0 Å². The van der Waals surface area contributed by atoms with E-state index in [1.807, 2.05) is 13.8 Å². The zero-order chi connectivity index (χ0) is 17.8. The normalized spacial score (nSPS) is 12.0. The molecule has 0 aromatic heterocycles. The zero-order valence-corrected chi connectivity index (χ0v) is 18.0. The molecule has 0 nitrogen and oxygen atoms in total. The molecule has 1 heteroatoms. The second-order valence-corrected chi connectivity index (χ2v) is 8.12. The fourth-order valence-electron chi connectivity index (χ4n) is 3.08. The Labute approximate surface area is 149 Å². The van der Waals surface area contributed by atoms with Crippen LogP contribution in [0.5, 0.6) is 0 Å². The Balaban J connectivity index is 0.00000232. The molecule has 134 valence electrons. The van der Waals surface area contributed by atoms with Gasteiger partial charge in [0, 0.05) is 0 Å². The van der Waals surface area contributed by atoms with E-state index in [0.29, 0.717) is 11.6 Å². The van der Waals surface area contributed by atoms with Crippen LogP contribution in [-0.4, -0.2) is 5.66 Å². The van der Waals surface area contributed by atoms with E-state index in [9.17, 15) is 0 Å². The zero-order valence-electron chi connectivity index (χ0n) is 16.8. The molecule has 1 rings (SSSR count). The van der Waals surface area contributed by atoms with Gasteiger partial charge in [-0.15, -0.1) is 9.24 Å². The largest absolute Gasteiger partial charge is 0.134 e. The lowest BCUT2D eigenvalue weighted by atomic mass is 9.88. The highest BCUT2D eigenvalue weighted by atomic mass is 31.0. The van der Waals surface area contributed by atoms with Crippen molar-refractivity contribution in [1.82, 2.24) is 0 Å². The molecule has 1 aromatic rings. The molecule has 23 heavy (non-hydrogen) atoms. The predicted molar refractivity (Wildman–Crippen MR) is 112 cm³/mol. The van der Waals surface area contributed by atoms with E-state index in [-0.39, 0.29) is 0 Å². The molecule has 2 atom stereocenters. The van der Waals surface area contributed by atoms with Gasteiger partial charge in [-0.3, -0.25) is 0 Å². The van der Waals surface area contributed by atoms with E-state index in [4.69, 9.17) is 0 Å². The summed E-state index contributed by atoms with van der Waals surface area (Å²) in [6, 6.07) is 4.96. The van der Waals surface area contributed by atoms with Crippen LogP contribution in [0.15, 0.2) is 12.1 Å². The van der Waals surface area contributed by atoms with Gasteiger partial charge in [-0.2, -0.15) is 0 Å². The summed E-state index contributed by atoms with van der Waals surface area (Å²) < 4.78 is 0. The summed E-state index contributed by atoms with van der Waals surface area (Å²) in [7, 11) is 2.94. The summed E-state index contributed by atoms with van der Waals surface area (Å²) in [5.41, 5.74) is 6.85. The van der Waals surface area contributed by atoms with Crippen molar-refractivity contribution in [1.29, 1.82) is 0 Å². The summed E-state index contributed by atoms with van der Waals surface area (Å²) in [6.45, 7) is 15.5. The Bertz CT molecular complexity index is 418. The molecule has 0 fully saturated rings.